The van der Waals surface area contributed by atoms with Crippen LogP contribution >= 0.6 is 0 Å². The summed E-state index contributed by atoms with van der Waals surface area (Å²) in [6, 6.07) is 6.10. The van der Waals surface area contributed by atoms with E-state index in [1.165, 1.54) is 5.56 Å². The molecule has 1 aliphatic heterocycles. The number of nitrogens with zero attached hydrogens (tertiary/aromatic N) is 5. The van der Waals surface area contributed by atoms with Gasteiger partial charge in [-0.2, -0.15) is 0 Å². The molecule has 1 fully saturated rings. The molecular weight excluding hydrogens is 362 g/mol. The monoisotopic (exact) mass is 391 g/mol. The van der Waals surface area contributed by atoms with Crippen molar-refractivity contribution in [2.45, 2.75) is 52.6 Å². The summed E-state index contributed by atoms with van der Waals surface area (Å²) in [6.07, 6.45) is 9.60. The smallest absolute Gasteiger partial charge is 0.255 e. The van der Waals surface area contributed by atoms with Gasteiger partial charge in [-0.1, -0.05) is 0 Å². The van der Waals surface area contributed by atoms with Crippen molar-refractivity contribution in [3.05, 3.63) is 71.3 Å². The van der Waals surface area contributed by atoms with E-state index in [0.717, 1.165) is 61.8 Å². The highest BCUT2D eigenvalue weighted by atomic mass is 16.2. The second-order valence-corrected chi connectivity index (χ2v) is 7.89. The number of hydrogen-bond acceptors (Lipinski definition) is 3. The second-order valence-electron chi connectivity index (χ2n) is 7.89. The van der Waals surface area contributed by atoms with Crippen LogP contribution in [0.2, 0.25) is 0 Å². The molecular formula is C23H29N5O. The molecule has 4 rings (SSSR count). The third-order valence-electron chi connectivity index (χ3n) is 6.04. The molecule has 0 aromatic carbocycles. The lowest BCUT2D eigenvalue weighted by atomic mass is 9.96. The molecule has 6 nitrogen and oxygen atoms in total. The quantitative estimate of drug-likeness (QED) is 0.665. The van der Waals surface area contributed by atoms with Crippen molar-refractivity contribution >= 4 is 5.91 Å². The summed E-state index contributed by atoms with van der Waals surface area (Å²) in [5.74, 6) is 1.48. The van der Waals surface area contributed by atoms with Crippen molar-refractivity contribution in [3.63, 3.8) is 0 Å². The van der Waals surface area contributed by atoms with E-state index in [9.17, 15) is 4.79 Å². The SMILES string of the molecule is CCn1c(C)cc(C(=O)N2CCCC(c3nccn3Cc3ccncc3)C2)c1C. The average Bonchev–Trinajstić information content (AvgIpc) is 3.32. The first-order chi connectivity index (χ1) is 14.1. The summed E-state index contributed by atoms with van der Waals surface area (Å²) in [5, 5.41) is 0. The van der Waals surface area contributed by atoms with Gasteiger partial charge in [-0.25, -0.2) is 4.98 Å². The van der Waals surface area contributed by atoms with E-state index in [1.54, 1.807) is 0 Å². The Balaban J connectivity index is 1.52. The van der Waals surface area contributed by atoms with Gasteiger partial charge in [-0.3, -0.25) is 9.78 Å². The Hall–Kier alpha value is -2.89. The van der Waals surface area contributed by atoms with Gasteiger partial charge in [0.05, 0.1) is 5.56 Å². The maximum atomic E-state index is 13.3. The van der Waals surface area contributed by atoms with E-state index in [1.807, 2.05) is 54.8 Å². The number of imidazole rings is 1. The van der Waals surface area contributed by atoms with E-state index in [-0.39, 0.29) is 11.8 Å². The van der Waals surface area contributed by atoms with Crippen molar-refractivity contribution in [3.8, 4) is 0 Å². The minimum Gasteiger partial charge on any atom is -0.349 e. The topological polar surface area (TPSA) is 56.0 Å². The van der Waals surface area contributed by atoms with Gasteiger partial charge in [0.1, 0.15) is 5.82 Å². The van der Waals surface area contributed by atoms with Crippen LogP contribution in [0.15, 0.2) is 43.0 Å². The largest absolute Gasteiger partial charge is 0.349 e. The molecule has 3 aromatic rings. The molecule has 4 heterocycles. The highest BCUT2D eigenvalue weighted by Gasteiger charge is 2.29. The molecule has 1 atom stereocenters. The van der Waals surface area contributed by atoms with E-state index in [2.05, 4.69) is 32.9 Å². The molecule has 0 spiro atoms. The van der Waals surface area contributed by atoms with Crippen molar-refractivity contribution < 1.29 is 4.79 Å². The van der Waals surface area contributed by atoms with Crippen molar-refractivity contribution in [2.24, 2.45) is 0 Å². The third-order valence-corrected chi connectivity index (χ3v) is 6.04. The van der Waals surface area contributed by atoms with Crippen molar-refractivity contribution in [2.75, 3.05) is 13.1 Å². The van der Waals surface area contributed by atoms with Crippen LogP contribution in [0, 0.1) is 13.8 Å². The van der Waals surface area contributed by atoms with Crippen LogP contribution < -0.4 is 0 Å². The summed E-state index contributed by atoms with van der Waals surface area (Å²) < 4.78 is 4.41. The maximum Gasteiger partial charge on any atom is 0.255 e. The predicted octanol–water partition coefficient (Wildman–Crippen LogP) is 3.78. The molecule has 29 heavy (non-hydrogen) atoms. The number of amides is 1. The van der Waals surface area contributed by atoms with Crippen LogP contribution in [0.4, 0.5) is 0 Å². The Morgan fingerprint density at radius 3 is 2.72 bits per heavy atom. The molecule has 0 aliphatic carbocycles. The summed E-state index contributed by atoms with van der Waals surface area (Å²) in [5.41, 5.74) is 4.26. The van der Waals surface area contributed by atoms with E-state index in [0.29, 0.717) is 0 Å². The zero-order valence-electron chi connectivity index (χ0n) is 17.5. The second kappa shape index (κ2) is 8.23. The number of likely N-dealkylation sites (tertiary alicyclic amines) is 1. The van der Waals surface area contributed by atoms with E-state index < -0.39 is 0 Å². The Kier molecular flexibility index (Phi) is 5.51. The molecule has 0 radical (unpaired) electrons. The summed E-state index contributed by atoms with van der Waals surface area (Å²) in [7, 11) is 0. The number of piperidine rings is 1. The normalized spacial score (nSPS) is 16.9. The van der Waals surface area contributed by atoms with Gasteiger partial charge in [-0.05, 0) is 57.4 Å². The number of rotatable bonds is 5. The number of carbonyl (C=O) groups excluding carboxylic acids is 1. The van der Waals surface area contributed by atoms with Gasteiger partial charge in [0, 0.05) is 68.3 Å². The van der Waals surface area contributed by atoms with Gasteiger partial charge in [0.15, 0.2) is 0 Å². The molecule has 152 valence electrons. The lowest BCUT2D eigenvalue weighted by Gasteiger charge is -2.33. The van der Waals surface area contributed by atoms with Crippen molar-refractivity contribution in [1.82, 2.24) is 24.0 Å². The first kappa shape index (κ1) is 19.4. The van der Waals surface area contributed by atoms with Gasteiger partial charge >= 0.3 is 0 Å². The van der Waals surface area contributed by atoms with E-state index in [4.69, 9.17) is 0 Å². The van der Waals surface area contributed by atoms with E-state index >= 15 is 0 Å². The molecule has 3 aromatic heterocycles. The molecule has 1 unspecified atom stereocenters. The maximum absolute atomic E-state index is 13.3. The van der Waals surface area contributed by atoms with Crippen molar-refractivity contribution in [1.29, 1.82) is 0 Å². The zero-order chi connectivity index (χ0) is 20.4. The van der Waals surface area contributed by atoms with Crippen LogP contribution in [0.3, 0.4) is 0 Å². The number of aryl methyl sites for hydroxylation is 1. The van der Waals surface area contributed by atoms with Gasteiger partial charge in [0.25, 0.3) is 5.91 Å². The fraction of sp³-hybridized carbons (Fsp3) is 0.435. The number of aromatic nitrogens is 4. The molecule has 0 bridgehead atoms. The van der Waals surface area contributed by atoms with Crippen LogP contribution in [-0.4, -0.2) is 43.0 Å². The van der Waals surface area contributed by atoms with Crippen LogP contribution in [0.5, 0.6) is 0 Å². The number of hydrogen-bond donors (Lipinski definition) is 0. The molecule has 1 saturated heterocycles. The Morgan fingerprint density at radius 2 is 2.00 bits per heavy atom. The predicted molar refractivity (Wildman–Crippen MR) is 113 cm³/mol. The highest BCUT2D eigenvalue weighted by Crippen LogP contribution is 2.28. The summed E-state index contributed by atoms with van der Waals surface area (Å²) in [6.45, 7) is 9.45. The fourth-order valence-corrected chi connectivity index (χ4v) is 4.55. The number of pyridine rings is 1. The first-order valence-electron chi connectivity index (χ1n) is 10.4. The average molecular weight is 392 g/mol. The van der Waals surface area contributed by atoms with Gasteiger partial charge < -0.3 is 14.0 Å². The lowest BCUT2D eigenvalue weighted by Crippen LogP contribution is -2.40. The molecule has 1 amide bonds. The Morgan fingerprint density at radius 1 is 1.21 bits per heavy atom. The minimum absolute atomic E-state index is 0.148. The van der Waals surface area contributed by atoms with Crippen LogP contribution in [0.25, 0.3) is 0 Å². The summed E-state index contributed by atoms with van der Waals surface area (Å²) in [4.78, 5) is 24.0. The summed E-state index contributed by atoms with van der Waals surface area (Å²) >= 11 is 0. The lowest BCUT2D eigenvalue weighted by molar-refractivity contribution is 0.0702. The molecule has 1 aliphatic rings. The Bertz CT molecular complexity index is 988. The van der Waals surface area contributed by atoms with Gasteiger partial charge in [0.2, 0.25) is 0 Å². The van der Waals surface area contributed by atoms with Gasteiger partial charge in [-0.15, -0.1) is 0 Å². The molecule has 0 saturated carbocycles. The first-order valence-corrected chi connectivity index (χ1v) is 10.4. The fourth-order valence-electron chi connectivity index (χ4n) is 4.55. The minimum atomic E-state index is 0.148. The molecule has 6 heteroatoms. The zero-order valence-corrected chi connectivity index (χ0v) is 17.5. The highest BCUT2D eigenvalue weighted by molar-refractivity contribution is 5.95. The molecule has 0 N–H and O–H groups in total. The number of carbonyl (C=O) groups is 1. The Labute approximate surface area is 172 Å². The third kappa shape index (κ3) is 3.84. The standard InChI is InChI=1S/C23H29N5O/c1-4-28-17(2)14-21(18(28)3)23(29)27-12-5-6-20(16-27)22-25-11-13-26(22)15-19-7-9-24-10-8-19/h7-11,13-14,20H,4-6,12,15-16H2,1-3H3. The van der Waals surface area contributed by atoms with Crippen LogP contribution in [-0.2, 0) is 13.1 Å². The van der Waals surface area contributed by atoms with Crippen LogP contribution in [0.1, 0.15) is 58.8 Å².